The number of amides is 1. The van der Waals surface area contributed by atoms with Crippen molar-refractivity contribution in [1.82, 2.24) is 5.32 Å². The highest BCUT2D eigenvalue weighted by Crippen LogP contribution is 2.27. The summed E-state index contributed by atoms with van der Waals surface area (Å²) in [5, 5.41) is 22.0. The molecule has 0 aliphatic heterocycles. The quantitative estimate of drug-likeness (QED) is 0.783. The van der Waals surface area contributed by atoms with Crippen LogP contribution in [0, 0.1) is 0 Å². The smallest absolute Gasteiger partial charge is 0.336 e. The molecule has 0 spiro atoms. The van der Waals surface area contributed by atoms with E-state index in [4.69, 9.17) is 5.11 Å². The minimum absolute atomic E-state index is 0.0272. The number of carbonyl (C=O) groups excluding carboxylic acids is 1. The molecule has 1 amide bonds. The summed E-state index contributed by atoms with van der Waals surface area (Å²) in [4.78, 5) is 23.1. The van der Waals surface area contributed by atoms with Crippen LogP contribution in [0.1, 0.15) is 52.8 Å². The maximum atomic E-state index is 12.1. The first kappa shape index (κ1) is 14.5. The van der Waals surface area contributed by atoms with E-state index in [0.717, 1.165) is 19.3 Å². The Morgan fingerprint density at radius 3 is 2.30 bits per heavy atom. The maximum Gasteiger partial charge on any atom is 0.336 e. The third-order valence-electron chi connectivity index (χ3n) is 3.76. The lowest BCUT2D eigenvalue weighted by molar-refractivity contribution is 0.00525. The molecule has 108 valence electrons. The van der Waals surface area contributed by atoms with Crippen molar-refractivity contribution in [3.05, 3.63) is 35.4 Å². The average molecular weight is 277 g/mol. The summed E-state index contributed by atoms with van der Waals surface area (Å²) in [6, 6.07) is 6.07. The third-order valence-corrected chi connectivity index (χ3v) is 3.76. The first-order valence-corrected chi connectivity index (χ1v) is 6.85. The van der Waals surface area contributed by atoms with Gasteiger partial charge in [-0.15, -0.1) is 0 Å². The minimum Gasteiger partial charge on any atom is -0.478 e. The van der Waals surface area contributed by atoms with Gasteiger partial charge in [0.25, 0.3) is 5.91 Å². The Morgan fingerprint density at radius 2 is 1.70 bits per heavy atom. The van der Waals surface area contributed by atoms with Crippen LogP contribution < -0.4 is 5.32 Å². The van der Waals surface area contributed by atoms with Gasteiger partial charge < -0.3 is 15.5 Å². The number of hydrogen-bond acceptors (Lipinski definition) is 3. The summed E-state index contributed by atoms with van der Waals surface area (Å²) < 4.78 is 0. The Morgan fingerprint density at radius 1 is 1.10 bits per heavy atom. The maximum absolute atomic E-state index is 12.1. The number of nitrogens with one attached hydrogen (secondary N) is 1. The molecule has 1 aromatic carbocycles. The molecule has 0 bridgehead atoms. The number of carboxylic acids is 1. The van der Waals surface area contributed by atoms with Crippen LogP contribution in [0.15, 0.2) is 24.3 Å². The average Bonchev–Trinajstić information content (AvgIpc) is 2.45. The fraction of sp³-hybridized carbons (Fsp3) is 0.467. The topological polar surface area (TPSA) is 86.6 Å². The summed E-state index contributed by atoms with van der Waals surface area (Å²) in [6.45, 7) is 0.166. The fourth-order valence-electron chi connectivity index (χ4n) is 2.59. The lowest BCUT2D eigenvalue weighted by atomic mass is 9.85. The number of rotatable bonds is 4. The summed E-state index contributed by atoms with van der Waals surface area (Å²) >= 11 is 0. The van der Waals surface area contributed by atoms with Gasteiger partial charge in [-0.25, -0.2) is 4.79 Å². The molecule has 5 nitrogen and oxygen atoms in total. The van der Waals surface area contributed by atoms with Gasteiger partial charge in [-0.2, -0.15) is 0 Å². The molecule has 0 atom stereocenters. The second-order valence-electron chi connectivity index (χ2n) is 5.32. The predicted octanol–water partition coefficient (Wildman–Crippen LogP) is 1.81. The molecule has 1 saturated carbocycles. The van der Waals surface area contributed by atoms with Crippen molar-refractivity contribution in [2.75, 3.05) is 6.54 Å². The van der Waals surface area contributed by atoms with E-state index in [1.807, 2.05) is 0 Å². The van der Waals surface area contributed by atoms with Crippen LogP contribution in [0.3, 0.4) is 0 Å². The SMILES string of the molecule is O=C(O)c1ccccc1C(=O)NCC1(O)CCCCC1. The van der Waals surface area contributed by atoms with E-state index in [1.54, 1.807) is 12.1 Å². The van der Waals surface area contributed by atoms with Gasteiger partial charge in [-0.05, 0) is 25.0 Å². The molecular weight excluding hydrogens is 258 g/mol. The molecule has 1 aromatic rings. The standard InChI is InChI=1S/C15H19NO4/c17-13(11-6-2-3-7-12(11)14(18)19)16-10-15(20)8-4-1-5-9-15/h2-3,6-7,20H,1,4-5,8-10H2,(H,16,17)(H,18,19). The van der Waals surface area contributed by atoms with Gasteiger partial charge in [-0.1, -0.05) is 31.4 Å². The Labute approximate surface area is 117 Å². The zero-order valence-corrected chi connectivity index (χ0v) is 11.3. The first-order valence-electron chi connectivity index (χ1n) is 6.85. The van der Waals surface area contributed by atoms with Crippen LogP contribution >= 0.6 is 0 Å². The Kier molecular flexibility index (Phi) is 4.39. The van der Waals surface area contributed by atoms with Gasteiger partial charge >= 0.3 is 5.97 Å². The second kappa shape index (κ2) is 6.05. The molecule has 0 aromatic heterocycles. The fourth-order valence-corrected chi connectivity index (χ4v) is 2.59. The predicted molar refractivity (Wildman–Crippen MR) is 73.8 cm³/mol. The van der Waals surface area contributed by atoms with Crippen molar-refractivity contribution in [3.8, 4) is 0 Å². The van der Waals surface area contributed by atoms with Crippen LogP contribution in [0.2, 0.25) is 0 Å². The van der Waals surface area contributed by atoms with Crippen molar-refractivity contribution in [3.63, 3.8) is 0 Å². The summed E-state index contributed by atoms with van der Waals surface area (Å²) in [6.07, 6.45) is 4.37. The van der Waals surface area contributed by atoms with Gasteiger partial charge in [0.05, 0.1) is 16.7 Å². The molecule has 2 rings (SSSR count). The number of carbonyl (C=O) groups is 2. The molecule has 1 fully saturated rings. The third kappa shape index (κ3) is 3.36. The number of aliphatic hydroxyl groups is 1. The normalized spacial score (nSPS) is 17.4. The molecule has 0 unspecified atom stereocenters. The molecule has 0 saturated heterocycles. The van der Waals surface area contributed by atoms with Crippen LogP contribution in [-0.4, -0.2) is 34.2 Å². The molecule has 0 radical (unpaired) electrons. The highest BCUT2D eigenvalue weighted by molar-refractivity contribution is 6.04. The van der Waals surface area contributed by atoms with E-state index in [9.17, 15) is 14.7 Å². The Bertz CT molecular complexity index is 506. The van der Waals surface area contributed by atoms with Crippen LogP contribution in [0.4, 0.5) is 0 Å². The number of hydrogen-bond donors (Lipinski definition) is 3. The highest BCUT2D eigenvalue weighted by atomic mass is 16.4. The zero-order valence-electron chi connectivity index (χ0n) is 11.3. The summed E-state index contributed by atoms with van der Waals surface area (Å²) in [5.74, 6) is -1.59. The van der Waals surface area contributed by atoms with Crippen molar-refractivity contribution >= 4 is 11.9 Å². The van der Waals surface area contributed by atoms with Gasteiger partial charge in [-0.3, -0.25) is 4.79 Å². The van der Waals surface area contributed by atoms with Crippen molar-refractivity contribution in [1.29, 1.82) is 0 Å². The van der Waals surface area contributed by atoms with E-state index in [1.165, 1.54) is 12.1 Å². The van der Waals surface area contributed by atoms with Gasteiger partial charge in [0, 0.05) is 6.54 Å². The first-order chi connectivity index (χ1) is 9.52. The number of carboxylic acid groups (broad SMARTS) is 1. The lowest BCUT2D eigenvalue weighted by Gasteiger charge is -2.32. The molecule has 5 heteroatoms. The van der Waals surface area contributed by atoms with Crippen LogP contribution in [-0.2, 0) is 0 Å². The monoisotopic (exact) mass is 277 g/mol. The Hall–Kier alpha value is -1.88. The number of aromatic carboxylic acids is 1. The lowest BCUT2D eigenvalue weighted by Crippen LogP contribution is -2.44. The molecule has 1 aliphatic rings. The second-order valence-corrected chi connectivity index (χ2v) is 5.32. The van der Waals surface area contributed by atoms with Crippen molar-refractivity contribution in [2.24, 2.45) is 0 Å². The number of benzene rings is 1. The summed E-state index contributed by atoms with van der Waals surface area (Å²) in [5.41, 5.74) is -0.758. The molecule has 20 heavy (non-hydrogen) atoms. The molecule has 3 N–H and O–H groups in total. The van der Waals surface area contributed by atoms with E-state index in [-0.39, 0.29) is 17.7 Å². The Balaban J connectivity index is 2.03. The van der Waals surface area contributed by atoms with Crippen LogP contribution in [0.25, 0.3) is 0 Å². The largest absolute Gasteiger partial charge is 0.478 e. The van der Waals surface area contributed by atoms with Crippen molar-refractivity contribution in [2.45, 2.75) is 37.7 Å². The zero-order chi connectivity index (χ0) is 14.6. The van der Waals surface area contributed by atoms with Crippen LogP contribution in [0.5, 0.6) is 0 Å². The molecule has 1 aliphatic carbocycles. The molecular formula is C15H19NO4. The van der Waals surface area contributed by atoms with Gasteiger partial charge in [0.2, 0.25) is 0 Å². The van der Waals surface area contributed by atoms with Gasteiger partial charge in [0.15, 0.2) is 0 Å². The summed E-state index contributed by atoms with van der Waals surface area (Å²) in [7, 11) is 0. The van der Waals surface area contributed by atoms with Gasteiger partial charge in [0.1, 0.15) is 0 Å². The van der Waals surface area contributed by atoms with E-state index in [2.05, 4.69) is 5.32 Å². The minimum atomic E-state index is -1.13. The van der Waals surface area contributed by atoms with E-state index >= 15 is 0 Å². The van der Waals surface area contributed by atoms with E-state index in [0.29, 0.717) is 12.8 Å². The van der Waals surface area contributed by atoms with E-state index < -0.39 is 17.5 Å². The molecule has 0 heterocycles. The highest BCUT2D eigenvalue weighted by Gasteiger charge is 2.30. The van der Waals surface area contributed by atoms with Crippen molar-refractivity contribution < 1.29 is 19.8 Å².